The first-order valence-electron chi connectivity index (χ1n) is 7.03. The molecule has 0 spiro atoms. The Labute approximate surface area is 123 Å². The van der Waals surface area contributed by atoms with Crippen molar-refractivity contribution in [1.82, 2.24) is 10.9 Å². The summed E-state index contributed by atoms with van der Waals surface area (Å²) in [6.45, 7) is 12.2. The molecule has 0 aromatic carbocycles. The van der Waals surface area contributed by atoms with Crippen LogP contribution in [0.5, 0.6) is 0 Å². The largest absolute Gasteiger partial charge is 0.299 e. The lowest BCUT2D eigenvalue weighted by Gasteiger charge is -1.98. The molecule has 0 aliphatic carbocycles. The number of carbonyl (C=O) groups is 2. The molecule has 0 aliphatic heterocycles. The van der Waals surface area contributed by atoms with E-state index in [0.717, 1.165) is 18.5 Å². The van der Waals surface area contributed by atoms with E-state index in [0.29, 0.717) is 24.8 Å². The highest BCUT2D eigenvalue weighted by Crippen LogP contribution is 2.08. The molecule has 0 radical (unpaired) electrons. The van der Waals surface area contributed by atoms with E-state index in [1.165, 1.54) is 0 Å². The second kappa shape index (κ2) is 19.7. The number of Topliss-reactive ketones (excluding diaryl/α,β-unsaturated/α-hetero) is 1. The minimum atomic E-state index is 0.192. The van der Waals surface area contributed by atoms with Gasteiger partial charge in [0.05, 0.1) is 6.07 Å². The number of nitriles is 1. The molecule has 0 atom stereocenters. The van der Waals surface area contributed by atoms with Crippen molar-refractivity contribution in [3.8, 4) is 6.07 Å². The van der Waals surface area contributed by atoms with Gasteiger partial charge in [-0.1, -0.05) is 33.3 Å². The minimum Gasteiger partial charge on any atom is -0.299 e. The molecule has 0 fully saturated rings. The highest BCUT2D eigenvalue weighted by atomic mass is 16.1. The lowest BCUT2D eigenvalue weighted by Crippen LogP contribution is -2.30. The standard InChI is InChI=1S/C9H13NO.C4H10N2O.C2H6/c1-4-9(11)5-7(2)8(3)6-10;1-2-3-5-6-4-7;1-2/h4-5H2,1-3H3;4-5H,2-3H2,1H3,(H,6,7);1-2H3/b8-7+;;. The third-order valence-electron chi connectivity index (χ3n) is 2.20. The van der Waals surface area contributed by atoms with Crippen molar-refractivity contribution in [2.75, 3.05) is 6.54 Å². The summed E-state index contributed by atoms with van der Waals surface area (Å²) in [6.07, 6.45) is 2.63. The normalized spacial score (nSPS) is 9.65. The van der Waals surface area contributed by atoms with Crippen molar-refractivity contribution in [1.29, 1.82) is 5.26 Å². The summed E-state index contributed by atoms with van der Waals surface area (Å²) < 4.78 is 0. The van der Waals surface area contributed by atoms with Crippen molar-refractivity contribution in [3.63, 3.8) is 0 Å². The summed E-state index contributed by atoms with van der Waals surface area (Å²) in [5.41, 5.74) is 6.53. The van der Waals surface area contributed by atoms with E-state index in [1.807, 2.05) is 40.7 Å². The fourth-order valence-electron chi connectivity index (χ4n) is 0.888. The Kier molecular flexibility index (Phi) is 23.0. The molecule has 5 nitrogen and oxygen atoms in total. The van der Waals surface area contributed by atoms with Crippen LogP contribution in [-0.2, 0) is 9.59 Å². The number of amides is 1. The zero-order chi connectivity index (χ0) is 16.4. The van der Waals surface area contributed by atoms with E-state index in [9.17, 15) is 9.59 Å². The lowest BCUT2D eigenvalue weighted by molar-refractivity contribution is -0.118. The first kappa shape index (κ1) is 23.4. The molecule has 0 bridgehead atoms. The van der Waals surface area contributed by atoms with Crippen LogP contribution in [0, 0.1) is 11.3 Å². The van der Waals surface area contributed by atoms with Crippen molar-refractivity contribution in [2.24, 2.45) is 0 Å². The molecule has 0 rings (SSSR count). The molecule has 0 saturated carbocycles. The summed E-state index contributed by atoms with van der Waals surface area (Å²) in [6, 6.07) is 2.02. The van der Waals surface area contributed by atoms with Gasteiger partial charge in [-0.25, -0.2) is 5.43 Å². The molecule has 116 valence electrons. The van der Waals surface area contributed by atoms with Gasteiger partial charge >= 0.3 is 0 Å². The Morgan fingerprint density at radius 1 is 1.25 bits per heavy atom. The van der Waals surface area contributed by atoms with Crippen LogP contribution in [0.2, 0.25) is 0 Å². The van der Waals surface area contributed by atoms with Crippen LogP contribution in [0.3, 0.4) is 0 Å². The van der Waals surface area contributed by atoms with E-state index < -0.39 is 0 Å². The maximum atomic E-state index is 10.9. The predicted molar refractivity (Wildman–Crippen MR) is 82.7 cm³/mol. The highest BCUT2D eigenvalue weighted by molar-refractivity contribution is 5.80. The first-order valence-corrected chi connectivity index (χ1v) is 7.03. The SMILES string of the molecule is CC.CCC(=O)C/C(C)=C(\C)C#N.CCCNNC=O. The van der Waals surface area contributed by atoms with Gasteiger partial charge < -0.3 is 0 Å². The molecule has 0 unspecified atom stereocenters. The molecule has 0 heterocycles. The summed E-state index contributed by atoms with van der Waals surface area (Å²) >= 11 is 0. The molecule has 1 amide bonds. The Balaban J connectivity index is -0.000000277. The average Bonchev–Trinajstić information content (AvgIpc) is 2.49. The van der Waals surface area contributed by atoms with Crippen LogP contribution < -0.4 is 10.9 Å². The molecular weight excluding hydrogens is 254 g/mol. The molecule has 20 heavy (non-hydrogen) atoms. The Morgan fingerprint density at radius 2 is 1.80 bits per heavy atom. The van der Waals surface area contributed by atoms with Crippen LogP contribution in [0.1, 0.15) is 60.8 Å². The van der Waals surface area contributed by atoms with Gasteiger partial charge in [0.15, 0.2) is 0 Å². The van der Waals surface area contributed by atoms with Gasteiger partial charge in [-0.15, -0.1) is 0 Å². The summed E-state index contributed by atoms with van der Waals surface area (Å²) in [4.78, 5) is 20.4. The summed E-state index contributed by atoms with van der Waals surface area (Å²) in [7, 11) is 0. The van der Waals surface area contributed by atoms with Crippen molar-refractivity contribution >= 4 is 12.2 Å². The molecule has 0 saturated heterocycles. The lowest BCUT2D eigenvalue weighted by atomic mass is 10.1. The van der Waals surface area contributed by atoms with Gasteiger partial charge in [-0.05, 0) is 20.3 Å². The second-order valence-corrected chi connectivity index (χ2v) is 3.78. The van der Waals surface area contributed by atoms with E-state index in [-0.39, 0.29) is 5.78 Å². The van der Waals surface area contributed by atoms with E-state index in [1.54, 1.807) is 6.92 Å². The number of allylic oxidation sites excluding steroid dienone is 2. The number of hydrogen-bond acceptors (Lipinski definition) is 4. The topological polar surface area (TPSA) is 82.0 Å². The fraction of sp³-hybridized carbons (Fsp3) is 0.667. The maximum Gasteiger partial charge on any atom is 0.221 e. The van der Waals surface area contributed by atoms with Gasteiger partial charge in [-0.2, -0.15) is 5.26 Å². The second-order valence-electron chi connectivity index (χ2n) is 3.78. The first-order chi connectivity index (χ1) is 9.53. The average molecular weight is 283 g/mol. The number of hydrogen-bond donors (Lipinski definition) is 2. The van der Waals surface area contributed by atoms with E-state index in [4.69, 9.17) is 5.26 Å². The smallest absolute Gasteiger partial charge is 0.221 e. The number of ketones is 1. The van der Waals surface area contributed by atoms with Gasteiger partial charge in [-0.3, -0.25) is 15.0 Å². The van der Waals surface area contributed by atoms with Crippen LogP contribution in [-0.4, -0.2) is 18.7 Å². The molecule has 0 aromatic rings. The number of nitrogens with zero attached hydrogens (tertiary/aromatic N) is 1. The van der Waals surface area contributed by atoms with E-state index in [2.05, 4.69) is 10.9 Å². The molecule has 0 aromatic heterocycles. The van der Waals surface area contributed by atoms with Crippen LogP contribution >= 0.6 is 0 Å². The van der Waals surface area contributed by atoms with Crippen LogP contribution in [0.15, 0.2) is 11.1 Å². The molecule has 5 heteroatoms. The highest BCUT2D eigenvalue weighted by Gasteiger charge is 2.01. The van der Waals surface area contributed by atoms with Crippen LogP contribution in [0.25, 0.3) is 0 Å². The van der Waals surface area contributed by atoms with Gasteiger partial charge in [0.2, 0.25) is 6.41 Å². The molecule has 2 N–H and O–H groups in total. The zero-order valence-corrected chi connectivity index (χ0v) is 13.7. The summed E-state index contributed by atoms with van der Waals surface area (Å²) in [5, 5.41) is 8.47. The number of carbonyl (C=O) groups excluding carboxylic acids is 2. The molecular formula is C15H29N3O2. The Hall–Kier alpha value is -1.67. The van der Waals surface area contributed by atoms with E-state index >= 15 is 0 Å². The third-order valence-corrected chi connectivity index (χ3v) is 2.20. The Bertz CT molecular complexity index is 318. The fourth-order valence-corrected chi connectivity index (χ4v) is 0.888. The van der Waals surface area contributed by atoms with Crippen molar-refractivity contribution in [3.05, 3.63) is 11.1 Å². The predicted octanol–water partition coefficient (Wildman–Crippen LogP) is 2.89. The number of rotatable bonds is 7. The van der Waals surface area contributed by atoms with Crippen molar-refractivity contribution < 1.29 is 9.59 Å². The van der Waals surface area contributed by atoms with Crippen LogP contribution in [0.4, 0.5) is 0 Å². The van der Waals surface area contributed by atoms with Crippen molar-refractivity contribution in [2.45, 2.75) is 60.8 Å². The Morgan fingerprint density at radius 3 is 2.15 bits per heavy atom. The monoisotopic (exact) mass is 283 g/mol. The number of nitrogens with one attached hydrogen (secondary N) is 2. The van der Waals surface area contributed by atoms with Gasteiger partial charge in [0.1, 0.15) is 5.78 Å². The maximum absolute atomic E-state index is 10.9. The minimum absolute atomic E-state index is 0.192. The molecule has 0 aliphatic rings. The van der Waals surface area contributed by atoms with Gasteiger partial charge in [0.25, 0.3) is 0 Å². The quantitative estimate of drug-likeness (QED) is 0.326. The summed E-state index contributed by atoms with van der Waals surface area (Å²) in [5.74, 6) is 0.192. The number of hydrazine groups is 1. The third kappa shape index (κ3) is 18.7. The van der Waals surface area contributed by atoms with Gasteiger partial charge in [0, 0.05) is 25.0 Å². The zero-order valence-electron chi connectivity index (χ0n) is 13.7.